The van der Waals surface area contributed by atoms with E-state index in [1.807, 2.05) is 30.3 Å². The van der Waals surface area contributed by atoms with Gasteiger partial charge in [-0.15, -0.1) is 0 Å². The fraction of sp³-hybridized carbons (Fsp3) is 0.200. The molecule has 104 valence electrons. The first kappa shape index (κ1) is 13.9. The highest BCUT2D eigenvalue weighted by Gasteiger charge is 2.02. The highest BCUT2D eigenvalue weighted by atomic mass is 16.5. The van der Waals surface area contributed by atoms with Crippen molar-refractivity contribution in [2.45, 2.75) is 13.2 Å². The molecule has 2 rings (SSSR count). The third-order valence-corrected chi connectivity index (χ3v) is 2.73. The predicted molar refractivity (Wildman–Crippen MR) is 75.3 cm³/mol. The van der Waals surface area contributed by atoms with Gasteiger partial charge in [-0.1, -0.05) is 36.4 Å². The van der Waals surface area contributed by atoms with E-state index in [9.17, 15) is 9.59 Å². The smallest absolute Gasteiger partial charge is 0.407 e. The molecule has 0 atom stereocenters. The number of nitrogens with zero attached hydrogens (tertiary/aromatic N) is 1. The van der Waals surface area contributed by atoms with Gasteiger partial charge in [0.1, 0.15) is 6.61 Å². The van der Waals surface area contributed by atoms with E-state index in [0.717, 1.165) is 5.56 Å². The molecule has 2 aromatic rings. The summed E-state index contributed by atoms with van der Waals surface area (Å²) in [6.45, 7) is 0.996. The molecule has 0 saturated carbocycles. The first-order valence-corrected chi connectivity index (χ1v) is 6.36. The zero-order valence-electron chi connectivity index (χ0n) is 11.0. The van der Waals surface area contributed by atoms with Crippen molar-refractivity contribution in [1.29, 1.82) is 0 Å². The minimum absolute atomic E-state index is 0.0908. The van der Waals surface area contributed by atoms with Gasteiger partial charge >= 0.3 is 6.09 Å². The van der Waals surface area contributed by atoms with Crippen LogP contribution in [0.4, 0.5) is 4.79 Å². The monoisotopic (exact) mass is 272 g/mol. The summed E-state index contributed by atoms with van der Waals surface area (Å²) in [6, 6.07) is 14.4. The van der Waals surface area contributed by atoms with Crippen LogP contribution in [0.15, 0.2) is 59.5 Å². The fourth-order valence-electron chi connectivity index (χ4n) is 1.70. The van der Waals surface area contributed by atoms with Crippen LogP contribution in [0.2, 0.25) is 0 Å². The molecular formula is C15H16N2O3. The number of carbonyl (C=O) groups excluding carboxylic acids is 1. The molecule has 1 aromatic heterocycles. The van der Waals surface area contributed by atoms with Crippen molar-refractivity contribution in [3.8, 4) is 0 Å². The molecular weight excluding hydrogens is 256 g/mol. The third-order valence-electron chi connectivity index (χ3n) is 2.73. The Labute approximate surface area is 116 Å². The summed E-state index contributed by atoms with van der Waals surface area (Å²) in [5.41, 5.74) is 0.842. The van der Waals surface area contributed by atoms with Crippen LogP contribution in [0, 0.1) is 0 Å². The van der Waals surface area contributed by atoms with E-state index in [1.165, 1.54) is 10.6 Å². The lowest BCUT2D eigenvalue weighted by Gasteiger charge is -2.08. The zero-order chi connectivity index (χ0) is 14.2. The lowest BCUT2D eigenvalue weighted by Crippen LogP contribution is -2.30. The molecule has 5 heteroatoms. The Morgan fingerprint density at radius 1 is 1.10 bits per heavy atom. The maximum atomic E-state index is 11.5. The topological polar surface area (TPSA) is 60.3 Å². The van der Waals surface area contributed by atoms with E-state index < -0.39 is 6.09 Å². The van der Waals surface area contributed by atoms with Crippen LogP contribution in [0.5, 0.6) is 0 Å². The minimum Gasteiger partial charge on any atom is -0.445 e. The van der Waals surface area contributed by atoms with Gasteiger partial charge in [-0.2, -0.15) is 0 Å². The second-order valence-corrected chi connectivity index (χ2v) is 4.22. The molecule has 0 fully saturated rings. The molecule has 1 aromatic carbocycles. The van der Waals surface area contributed by atoms with Crippen molar-refractivity contribution in [1.82, 2.24) is 9.88 Å². The number of rotatable bonds is 5. The van der Waals surface area contributed by atoms with Gasteiger partial charge in [-0.05, 0) is 11.6 Å². The molecule has 0 unspecified atom stereocenters. The average Bonchev–Trinajstić information content (AvgIpc) is 2.48. The Balaban J connectivity index is 1.71. The van der Waals surface area contributed by atoms with Crippen molar-refractivity contribution < 1.29 is 9.53 Å². The molecule has 0 spiro atoms. The fourth-order valence-corrected chi connectivity index (χ4v) is 1.70. The van der Waals surface area contributed by atoms with E-state index in [-0.39, 0.29) is 12.2 Å². The summed E-state index contributed by atoms with van der Waals surface area (Å²) >= 11 is 0. The summed E-state index contributed by atoms with van der Waals surface area (Å²) in [5, 5.41) is 2.61. The molecule has 0 aliphatic heterocycles. The number of hydrogen-bond donors (Lipinski definition) is 1. The van der Waals surface area contributed by atoms with Crippen molar-refractivity contribution >= 4 is 6.09 Å². The highest BCUT2D eigenvalue weighted by molar-refractivity contribution is 5.67. The van der Waals surface area contributed by atoms with E-state index in [1.54, 1.807) is 18.3 Å². The largest absolute Gasteiger partial charge is 0.445 e. The predicted octanol–water partition coefficient (Wildman–Crippen LogP) is 1.77. The van der Waals surface area contributed by atoms with E-state index in [4.69, 9.17) is 4.74 Å². The Hall–Kier alpha value is -2.56. The maximum absolute atomic E-state index is 11.5. The summed E-state index contributed by atoms with van der Waals surface area (Å²) in [4.78, 5) is 22.9. The number of nitrogens with one attached hydrogen (secondary N) is 1. The zero-order valence-corrected chi connectivity index (χ0v) is 11.0. The number of benzene rings is 1. The standard InChI is InChI=1S/C15H16N2O3/c18-14-8-4-5-10-17(14)11-9-16-15(19)20-12-13-6-2-1-3-7-13/h1-8,10H,9,11-12H2,(H,16,19). The van der Waals surface area contributed by atoms with Crippen LogP contribution in [-0.2, 0) is 17.9 Å². The maximum Gasteiger partial charge on any atom is 0.407 e. The SMILES string of the molecule is O=C(NCCn1ccccc1=O)OCc1ccccc1. The van der Waals surface area contributed by atoms with Gasteiger partial charge in [0.2, 0.25) is 0 Å². The first-order valence-electron chi connectivity index (χ1n) is 6.36. The highest BCUT2D eigenvalue weighted by Crippen LogP contribution is 2.00. The lowest BCUT2D eigenvalue weighted by molar-refractivity contribution is 0.139. The molecule has 0 bridgehead atoms. The van der Waals surface area contributed by atoms with Gasteiger partial charge in [0.25, 0.3) is 5.56 Å². The van der Waals surface area contributed by atoms with Gasteiger partial charge < -0.3 is 14.6 Å². The number of aromatic nitrogens is 1. The first-order chi connectivity index (χ1) is 9.75. The molecule has 1 heterocycles. The van der Waals surface area contributed by atoms with Crippen molar-refractivity contribution in [3.05, 3.63) is 70.6 Å². The molecule has 0 aliphatic rings. The number of alkyl carbamates (subject to hydrolysis) is 1. The summed E-state index contributed by atoms with van der Waals surface area (Å²) in [5.74, 6) is 0. The van der Waals surface area contributed by atoms with E-state index in [2.05, 4.69) is 5.32 Å². The number of hydrogen-bond acceptors (Lipinski definition) is 3. The number of ether oxygens (including phenoxy) is 1. The quantitative estimate of drug-likeness (QED) is 0.902. The number of carbonyl (C=O) groups is 1. The summed E-state index contributed by atoms with van der Waals surface area (Å²) in [6.07, 6.45) is 1.19. The molecule has 0 saturated heterocycles. The number of pyridine rings is 1. The lowest BCUT2D eigenvalue weighted by atomic mass is 10.2. The van der Waals surface area contributed by atoms with Crippen LogP contribution in [0.25, 0.3) is 0 Å². The van der Waals surface area contributed by atoms with Crippen LogP contribution in [0.3, 0.4) is 0 Å². The third kappa shape index (κ3) is 4.28. The van der Waals surface area contributed by atoms with Gasteiger partial charge in [0.15, 0.2) is 0 Å². The van der Waals surface area contributed by atoms with Gasteiger partial charge in [-0.3, -0.25) is 4.79 Å². The summed E-state index contributed by atoms with van der Waals surface area (Å²) < 4.78 is 6.58. The van der Waals surface area contributed by atoms with Gasteiger partial charge in [0.05, 0.1) is 0 Å². The summed E-state index contributed by atoms with van der Waals surface area (Å²) in [7, 11) is 0. The molecule has 20 heavy (non-hydrogen) atoms. The minimum atomic E-state index is -0.488. The van der Waals surface area contributed by atoms with Gasteiger partial charge in [0, 0.05) is 25.4 Å². The molecule has 1 N–H and O–H groups in total. The second kappa shape index (κ2) is 7.13. The Morgan fingerprint density at radius 2 is 1.85 bits per heavy atom. The van der Waals surface area contributed by atoms with E-state index in [0.29, 0.717) is 13.1 Å². The molecule has 0 aliphatic carbocycles. The van der Waals surface area contributed by atoms with Crippen molar-refractivity contribution in [2.75, 3.05) is 6.54 Å². The van der Waals surface area contributed by atoms with E-state index >= 15 is 0 Å². The van der Waals surface area contributed by atoms with Crippen molar-refractivity contribution in [3.63, 3.8) is 0 Å². The second-order valence-electron chi connectivity index (χ2n) is 4.22. The van der Waals surface area contributed by atoms with Gasteiger partial charge in [-0.25, -0.2) is 4.79 Å². The van der Waals surface area contributed by atoms with Crippen LogP contribution < -0.4 is 10.9 Å². The Kier molecular flexibility index (Phi) is 4.94. The van der Waals surface area contributed by atoms with Crippen LogP contribution in [-0.4, -0.2) is 17.2 Å². The molecule has 5 nitrogen and oxygen atoms in total. The average molecular weight is 272 g/mol. The number of amides is 1. The van der Waals surface area contributed by atoms with Crippen molar-refractivity contribution in [2.24, 2.45) is 0 Å². The van der Waals surface area contributed by atoms with Crippen LogP contribution >= 0.6 is 0 Å². The normalized spacial score (nSPS) is 10.0. The molecule has 1 amide bonds. The Bertz CT molecular complexity index is 608. The molecule has 0 radical (unpaired) electrons. The Morgan fingerprint density at radius 3 is 2.60 bits per heavy atom. The van der Waals surface area contributed by atoms with Crippen LogP contribution in [0.1, 0.15) is 5.56 Å².